The van der Waals surface area contributed by atoms with Crippen molar-refractivity contribution in [3.8, 4) is 0 Å². The van der Waals surface area contributed by atoms with Crippen molar-refractivity contribution in [3.63, 3.8) is 0 Å². The van der Waals surface area contributed by atoms with E-state index in [-0.39, 0.29) is 11.7 Å². The normalized spacial score (nSPS) is 17.4. The van der Waals surface area contributed by atoms with Crippen LogP contribution < -0.4 is 5.32 Å². The van der Waals surface area contributed by atoms with Crippen molar-refractivity contribution in [3.05, 3.63) is 17.0 Å². The number of hydrogen-bond donors (Lipinski definition) is 1. The van der Waals surface area contributed by atoms with Gasteiger partial charge in [0.05, 0.1) is 13.2 Å². The zero-order valence-corrected chi connectivity index (χ0v) is 16.7. The Labute approximate surface area is 162 Å². The summed E-state index contributed by atoms with van der Waals surface area (Å²) in [7, 11) is 0. The summed E-state index contributed by atoms with van der Waals surface area (Å²) >= 11 is 0. The van der Waals surface area contributed by atoms with Crippen LogP contribution in [0.3, 0.4) is 0 Å². The van der Waals surface area contributed by atoms with Gasteiger partial charge in [-0.05, 0) is 31.7 Å². The lowest BCUT2D eigenvalue weighted by molar-refractivity contribution is -0.146. The van der Waals surface area contributed by atoms with Crippen molar-refractivity contribution in [2.75, 3.05) is 38.2 Å². The summed E-state index contributed by atoms with van der Waals surface area (Å²) in [6.07, 6.45) is -3.63. The van der Waals surface area contributed by atoms with Gasteiger partial charge < -0.3 is 10.1 Å². The second kappa shape index (κ2) is 8.20. The van der Waals surface area contributed by atoms with Gasteiger partial charge in [0.25, 0.3) is 5.82 Å². The summed E-state index contributed by atoms with van der Waals surface area (Å²) in [6, 6.07) is 0.254. The summed E-state index contributed by atoms with van der Waals surface area (Å²) in [6.45, 7) is 11.6. The van der Waals surface area contributed by atoms with Gasteiger partial charge in [0, 0.05) is 31.2 Å². The monoisotopic (exact) mass is 400 g/mol. The van der Waals surface area contributed by atoms with Gasteiger partial charge in [0.2, 0.25) is 0 Å². The third-order valence-electron chi connectivity index (χ3n) is 5.16. The van der Waals surface area contributed by atoms with Gasteiger partial charge in [-0.25, -0.2) is 0 Å². The molecule has 0 amide bonds. The standard InChI is InChI=1S/C18H27F3N6O/c1-11(2)9-14(26-5-7-28-8-6-26)10-22-15-12(3)13(4)16-23-24-17(18(19,20)21)27(16)25-15/h11,14H,5-10H2,1-4H3,(H,22,25). The highest BCUT2D eigenvalue weighted by molar-refractivity contribution is 5.58. The average Bonchev–Trinajstić information content (AvgIpc) is 3.07. The van der Waals surface area contributed by atoms with Crippen LogP contribution in [0.15, 0.2) is 0 Å². The molecular formula is C18H27F3N6O. The van der Waals surface area contributed by atoms with E-state index in [1.165, 1.54) is 0 Å². The van der Waals surface area contributed by atoms with Crippen LogP contribution in [-0.4, -0.2) is 63.6 Å². The molecule has 0 bridgehead atoms. The second-order valence-corrected chi connectivity index (χ2v) is 7.67. The van der Waals surface area contributed by atoms with E-state index in [0.717, 1.165) is 29.6 Å². The van der Waals surface area contributed by atoms with E-state index >= 15 is 0 Å². The highest BCUT2D eigenvalue weighted by Crippen LogP contribution is 2.29. The summed E-state index contributed by atoms with van der Waals surface area (Å²) < 4.78 is 45.9. The fraction of sp³-hybridized carbons (Fsp3) is 0.722. The van der Waals surface area contributed by atoms with E-state index in [4.69, 9.17) is 4.74 Å². The number of alkyl halides is 3. The van der Waals surface area contributed by atoms with Crippen molar-refractivity contribution in [2.24, 2.45) is 5.92 Å². The summed E-state index contributed by atoms with van der Waals surface area (Å²) in [4.78, 5) is 2.37. The number of aryl methyl sites for hydroxylation is 1. The summed E-state index contributed by atoms with van der Waals surface area (Å²) in [5, 5.41) is 14.4. The van der Waals surface area contributed by atoms with E-state index in [1.54, 1.807) is 6.92 Å². The van der Waals surface area contributed by atoms with Crippen LogP contribution in [-0.2, 0) is 10.9 Å². The van der Waals surface area contributed by atoms with Gasteiger partial charge in [0.15, 0.2) is 5.65 Å². The Morgan fingerprint density at radius 3 is 2.39 bits per heavy atom. The number of anilines is 1. The Morgan fingerprint density at radius 2 is 1.79 bits per heavy atom. The number of morpholine rings is 1. The molecule has 156 valence electrons. The van der Waals surface area contributed by atoms with Gasteiger partial charge in [-0.2, -0.15) is 17.7 Å². The molecule has 1 aliphatic rings. The maximum Gasteiger partial charge on any atom is 0.453 e. The van der Waals surface area contributed by atoms with Crippen molar-refractivity contribution in [1.82, 2.24) is 24.7 Å². The molecule has 1 saturated heterocycles. The van der Waals surface area contributed by atoms with Crippen molar-refractivity contribution in [2.45, 2.75) is 46.3 Å². The molecule has 1 fully saturated rings. The summed E-state index contributed by atoms with van der Waals surface area (Å²) in [5.74, 6) is -0.180. The van der Waals surface area contributed by atoms with Crippen LogP contribution in [0, 0.1) is 19.8 Å². The Hall–Kier alpha value is -1.94. The zero-order chi connectivity index (χ0) is 20.5. The van der Waals surface area contributed by atoms with Crippen LogP contribution >= 0.6 is 0 Å². The van der Waals surface area contributed by atoms with E-state index in [9.17, 15) is 13.2 Å². The first-order chi connectivity index (χ1) is 13.2. The average molecular weight is 400 g/mol. The fourth-order valence-electron chi connectivity index (χ4n) is 3.54. The molecule has 0 aromatic carbocycles. The Balaban J connectivity index is 1.86. The lowest BCUT2D eigenvalue weighted by Gasteiger charge is -2.35. The number of nitrogens with one attached hydrogen (secondary N) is 1. The molecule has 1 N–H and O–H groups in total. The summed E-state index contributed by atoms with van der Waals surface area (Å²) in [5.41, 5.74) is 1.54. The fourth-order valence-corrected chi connectivity index (χ4v) is 3.54. The highest BCUT2D eigenvalue weighted by Gasteiger charge is 2.38. The van der Waals surface area contributed by atoms with Crippen molar-refractivity contribution in [1.29, 1.82) is 0 Å². The van der Waals surface area contributed by atoms with Crippen LogP contribution in [0.4, 0.5) is 19.0 Å². The SMILES string of the molecule is Cc1c(NCC(CC(C)C)N2CCOCC2)nn2c(C(F)(F)F)nnc2c1C. The van der Waals surface area contributed by atoms with Crippen LogP contribution in [0.2, 0.25) is 0 Å². The third-order valence-corrected chi connectivity index (χ3v) is 5.16. The molecule has 0 radical (unpaired) electrons. The maximum atomic E-state index is 13.2. The predicted molar refractivity (Wildman–Crippen MR) is 99.4 cm³/mol. The molecule has 10 heteroatoms. The minimum atomic E-state index is -4.61. The lowest BCUT2D eigenvalue weighted by Crippen LogP contribution is -2.47. The highest BCUT2D eigenvalue weighted by atomic mass is 19.4. The molecule has 28 heavy (non-hydrogen) atoms. The molecule has 1 atom stereocenters. The van der Waals surface area contributed by atoms with Gasteiger partial charge in [-0.15, -0.1) is 15.3 Å². The third kappa shape index (κ3) is 4.38. The van der Waals surface area contributed by atoms with Gasteiger partial charge in [0.1, 0.15) is 5.82 Å². The molecule has 2 aromatic heterocycles. The predicted octanol–water partition coefficient (Wildman–Crippen LogP) is 2.92. The molecule has 3 rings (SSSR count). The number of rotatable bonds is 6. The molecule has 3 heterocycles. The minimum absolute atomic E-state index is 0.127. The molecule has 2 aromatic rings. The quantitative estimate of drug-likeness (QED) is 0.804. The Bertz CT molecular complexity index is 814. The van der Waals surface area contributed by atoms with Crippen LogP contribution in [0.25, 0.3) is 5.65 Å². The van der Waals surface area contributed by atoms with E-state index in [2.05, 4.69) is 39.4 Å². The number of ether oxygens (including phenoxy) is 1. The number of hydrogen-bond acceptors (Lipinski definition) is 6. The number of halogens is 3. The molecule has 0 aliphatic carbocycles. The molecule has 0 saturated carbocycles. The second-order valence-electron chi connectivity index (χ2n) is 7.67. The van der Waals surface area contributed by atoms with E-state index in [0.29, 0.717) is 37.1 Å². The minimum Gasteiger partial charge on any atom is -0.379 e. The smallest absolute Gasteiger partial charge is 0.379 e. The number of aromatic nitrogens is 4. The van der Waals surface area contributed by atoms with Gasteiger partial charge in [-0.3, -0.25) is 4.90 Å². The first kappa shape index (κ1) is 20.8. The van der Waals surface area contributed by atoms with Gasteiger partial charge >= 0.3 is 6.18 Å². The van der Waals surface area contributed by atoms with E-state index in [1.807, 2.05) is 6.92 Å². The molecule has 7 nitrogen and oxygen atoms in total. The molecule has 0 spiro atoms. The largest absolute Gasteiger partial charge is 0.453 e. The molecule has 1 aliphatic heterocycles. The Kier molecular flexibility index (Phi) is 6.09. The zero-order valence-electron chi connectivity index (χ0n) is 16.7. The molecule has 1 unspecified atom stereocenters. The van der Waals surface area contributed by atoms with Crippen LogP contribution in [0.5, 0.6) is 0 Å². The number of fused-ring (bicyclic) bond motifs is 1. The Morgan fingerprint density at radius 1 is 1.11 bits per heavy atom. The van der Waals surface area contributed by atoms with Crippen LogP contribution in [0.1, 0.15) is 37.2 Å². The maximum absolute atomic E-state index is 13.2. The van der Waals surface area contributed by atoms with Crippen molar-refractivity contribution < 1.29 is 17.9 Å². The van der Waals surface area contributed by atoms with E-state index < -0.39 is 12.0 Å². The lowest BCUT2D eigenvalue weighted by atomic mass is 10.0. The van der Waals surface area contributed by atoms with Gasteiger partial charge in [-0.1, -0.05) is 13.8 Å². The van der Waals surface area contributed by atoms with Crippen molar-refractivity contribution >= 4 is 11.5 Å². The molecular weight excluding hydrogens is 373 g/mol. The first-order valence-corrected chi connectivity index (χ1v) is 9.54. The topological polar surface area (TPSA) is 67.6 Å². The first-order valence-electron chi connectivity index (χ1n) is 9.54. The number of nitrogens with zero attached hydrogens (tertiary/aromatic N) is 5.